The van der Waals surface area contributed by atoms with Crippen molar-refractivity contribution >= 4 is 21.7 Å². The maximum atomic E-state index is 14.3. The molecule has 0 aliphatic rings. The van der Waals surface area contributed by atoms with Gasteiger partial charge in [0, 0.05) is 11.6 Å². The Morgan fingerprint density at radius 2 is 1.70 bits per heavy atom. The summed E-state index contributed by atoms with van der Waals surface area (Å²) in [5.74, 6) is -4.08. The van der Waals surface area contributed by atoms with Crippen molar-refractivity contribution in [2.45, 2.75) is 18.2 Å². The van der Waals surface area contributed by atoms with E-state index in [1.54, 1.807) is 37.3 Å². The molecule has 0 saturated carbocycles. The summed E-state index contributed by atoms with van der Waals surface area (Å²) in [5.41, 5.74) is -0.435. The number of rotatable bonds is 6. The van der Waals surface area contributed by atoms with Gasteiger partial charge in [-0.15, -0.1) is 0 Å². The van der Waals surface area contributed by atoms with E-state index in [-0.39, 0.29) is 23.1 Å². The molecule has 0 unspecified atom stereocenters. The second-order valence-electron chi connectivity index (χ2n) is 6.42. The van der Waals surface area contributed by atoms with Gasteiger partial charge in [-0.25, -0.2) is 22.0 Å². The number of aromatic hydroxyl groups is 1. The molecular weight excluding hydrogens is 416 g/mol. The van der Waals surface area contributed by atoms with E-state index in [0.717, 1.165) is 18.2 Å². The van der Waals surface area contributed by atoms with Gasteiger partial charge in [0.15, 0.2) is 0 Å². The lowest BCUT2D eigenvalue weighted by Gasteiger charge is -2.14. The Hall–Kier alpha value is -3.46. The highest BCUT2D eigenvalue weighted by atomic mass is 32.2. The smallest absolute Gasteiger partial charge is 0.335 e. The summed E-state index contributed by atoms with van der Waals surface area (Å²) in [6.07, 6.45) is 0.165. The lowest BCUT2D eigenvalue weighted by atomic mass is 10.0. The molecular formula is C21H17F2NO5S. The molecule has 0 atom stereocenters. The van der Waals surface area contributed by atoms with Gasteiger partial charge in [0.2, 0.25) is 0 Å². The number of hydrogen-bond acceptors (Lipinski definition) is 4. The van der Waals surface area contributed by atoms with Crippen LogP contribution in [-0.2, 0) is 16.4 Å². The number of benzene rings is 3. The van der Waals surface area contributed by atoms with Crippen LogP contribution >= 0.6 is 0 Å². The summed E-state index contributed by atoms with van der Waals surface area (Å²) in [6, 6.07) is 11.6. The maximum absolute atomic E-state index is 14.3. The highest BCUT2D eigenvalue weighted by Gasteiger charge is 2.25. The van der Waals surface area contributed by atoms with Gasteiger partial charge < -0.3 is 10.2 Å². The minimum absolute atomic E-state index is 0.0348. The second-order valence-corrected chi connectivity index (χ2v) is 8.08. The molecule has 3 rings (SSSR count). The summed E-state index contributed by atoms with van der Waals surface area (Å²) >= 11 is 0. The zero-order valence-corrected chi connectivity index (χ0v) is 16.5. The number of phenolic OH excluding ortho intramolecular Hbond substituents is 1. The molecule has 0 bridgehead atoms. The number of carboxylic acid groups (broad SMARTS) is 1. The lowest BCUT2D eigenvalue weighted by molar-refractivity contribution is 0.0696. The molecule has 0 saturated heterocycles. The first-order chi connectivity index (χ1) is 14.1. The van der Waals surface area contributed by atoms with Crippen LogP contribution in [0.15, 0.2) is 59.5 Å². The number of sulfonamides is 1. The van der Waals surface area contributed by atoms with Gasteiger partial charge in [0.1, 0.15) is 22.3 Å². The number of aryl methyl sites for hydroxylation is 1. The summed E-state index contributed by atoms with van der Waals surface area (Å²) in [6.45, 7) is 1.61. The largest absolute Gasteiger partial charge is 0.506 e. The van der Waals surface area contributed by atoms with Crippen LogP contribution in [0.5, 0.6) is 5.75 Å². The van der Waals surface area contributed by atoms with Crippen LogP contribution in [0.25, 0.3) is 11.1 Å². The van der Waals surface area contributed by atoms with Crippen LogP contribution in [0.2, 0.25) is 0 Å². The summed E-state index contributed by atoms with van der Waals surface area (Å²) in [4.78, 5) is 10.6. The van der Waals surface area contributed by atoms with Crippen molar-refractivity contribution < 1.29 is 32.2 Å². The van der Waals surface area contributed by atoms with Gasteiger partial charge in [-0.2, -0.15) is 0 Å². The first-order valence-corrected chi connectivity index (χ1v) is 10.3. The Morgan fingerprint density at radius 3 is 2.30 bits per heavy atom. The van der Waals surface area contributed by atoms with Crippen molar-refractivity contribution in [2.24, 2.45) is 0 Å². The molecule has 0 fully saturated rings. The lowest BCUT2D eigenvalue weighted by Crippen LogP contribution is -2.16. The van der Waals surface area contributed by atoms with Crippen molar-refractivity contribution in [2.75, 3.05) is 4.72 Å². The molecule has 3 aromatic carbocycles. The van der Waals surface area contributed by atoms with Crippen molar-refractivity contribution in [3.05, 3.63) is 77.4 Å². The van der Waals surface area contributed by atoms with Crippen LogP contribution in [0.4, 0.5) is 14.5 Å². The van der Waals surface area contributed by atoms with Gasteiger partial charge in [-0.3, -0.25) is 4.72 Å². The summed E-state index contributed by atoms with van der Waals surface area (Å²) in [5, 5.41) is 19.5. The van der Waals surface area contributed by atoms with Crippen LogP contribution in [0.1, 0.15) is 22.8 Å². The molecule has 0 aromatic heterocycles. The van der Waals surface area contributed by atoms with Crippen molar-refractivity contribution in [1.29, 1.82) is 0 Å². The van der Waals surface area contributed by atoms with Gasteiger partial charge in [0.05, 0.1) is 11.3 Å². The molecule has 0 radical (unpaired) electrons. The fraction of sp³-hybridized carbons (Fsp3) is 0.0952. The number of carboxylic acids is 1. The fourth-order valence-electron chi connectivity index (χ4n) is 2.93. The third-order valence-corrected chi connectivity index (χ3v) is 5.84. The average molecular weight is 433 g/mol. The molecule has 30 heavy (non-hydrogen) atoms. The Kier molecular flexibility index (Phi) is 5.75. The van der Waals surface area contributed by atoms with Crippen LogP contribution in [0.3, 0.4) is 0 Å². The van der Waals surface area contributed by atoms with E-state index in [1.807, 2.05) is 4.72 Å². The highest BCUT2D eigenvalue weighted by molar-refractivity contribution is 7.92. The number of carbonyl (C=O) groups is 1. The molecule has 0 heterocycles. The number of hydrogen-bond donors (Lipinski definition) is 3. The molecule has 3 aromatic rings. The summed E-state index contributed by atoms with van der Waals surface area (Å²) in [7, 11) is -4.59. The van der Waals surface area contributed by atoms with Gasteiger partial charge in [-0.05, 0) is 35.7 Å². The fourth-order valence-corrected chi connectivity index (χ4v) is 4.15. The molecule has 0 aliphatic carbocycles. The quantitative estimate of drug-likeness (QED) is 0.535. The summed E-state index contributed by atoms with van der Waals surface area (Å²) < 4.78 is 56.2. The molecule has 0 amide bonds. The van der Waals surface area contributed by atoms with Crippen LogP contribution in [0, 0.1) is 11.6 Å². The van der Waals surface area contributed by atoms with E-state index < -0.39 is 44.0 Å². The monoisotopic (exact) mass is 433 g/mol. The van der Waals surface area contributed by atoms with E-state index in [1.165, 1.54) is 0 Å². The molecule has 156 valence electrons. The van der Waals surface area contributed by atoms with Crippen LogP contribution < -0.4 is 4.72 Å². The van der Waals surface area contributed by atoms with Crippen molar-refractivity contribution in [3.63, 3.8) is 0 Å². The van der Waals surface area contributed by atoms with E-state index in [0.29, 0.717) is 11.6 Å². The Morgan fingerprint density at radius 1 is 1.03 bits per heavy atom. The van der Waals surface area contributed by atoms with E-state index in [2.05, 4.69) is 0 Å². The molecule has 0 aliphatic heterocycles. The second kappa shape index (κ2) is 8.11. The Labute approximate surface area is 171 Å². The number of nitrogens with one attached hydrogen (secondary N) is 1. The average Bonchev–Trinajstić information content (AvgIpc) is 2.70. The maximum Gasteiger partial charge on any atom is 0.335 e. The standard InChI is InChI=1S/C21H17F2NO5S/c1-2-12-8-14(21(26)27)9-19(20(12)25)30(28,29)24-18-10-15(16(22)11-17(18)23)13-6-4-3-5-7-13/h3-11,24-25H,2H2,1H3,(H,26,27). The Balaban J connectivity index is 2.11. The predicted octanol–water partition coefficient (Wildman–Crippen LogP) is 4.40. The van der Waals surface area contributed by atoms with Gasteiger partial charge in [-0.1, -0.05) is 37.3 Å². The molecule has 6 nitrogen and oxygen atoms in total. The van der Waals surface area contributed by atoms with Crippen LogP contribution in [-0.4, -0.2) is 24.6 Å². The Bertz CT molecular complexity index is 1230. The first-order valence-electron chi connectivity index (χ1n) is 8.80. The first kappa shape index (κ1) is 21.3. The topological polar surface area (TPSA) is 104 Å². The van der Waals surface area contributed by atoms with Gasteiger partial charge >= 0.3 is 5.97 Å². The SMILES string of the molecule is CCc1cc(C(=O)O)cc(S(=O)(=O)Nc2cc(-c3ccccc3)c(F)cc2F)c1O. The third-order valence-electron chi connectivity index (χ3n) is 4.46. The number of aromatic carboxylic acids is 1. The minimum atomic E-state index is -4.59. The number of phenols is 1. The minimum Gasteiger partial charge on any atom is -0.506 e. The number of anilines is 1. The normalized spacial score (nSPS) is 11.3. The molecule has 0 spiro atoms. The van der Waals surface area contributed by atoms with E-state index in [9.17, 15) is 32.2 Å². The van der Waals surface area contributed by atoms with E-state index in [4.69, 9.17) is 0 Å². The number of halogens is 2. The molecule has 9 heteroatoms. The van der Waals surface area contributed by atoms with Gasteiger partial charge in [0.25, 0.3) is 10.0 Å². The third kappa shape index (κ3) is 4.11. The zero-order valence-electron chi connectivity index (χ0n) is 15.7. The zero-order chi connectivity index (χ0) is 22.1. The predicted molar refractivity (Wildman–Crippen MR) is 107 cm³/mol. The molecule has 3 N–H and O–H groups in total. The highest BCUT2D eigenvalue weighted by Crippen LogP contribution is 2.33. The van der Waals surface area contributed by atoms with Crippen molar-refractivity contribution in [3.8, 4) is 16.9 Å². The van der Waals surface area contributed by atoms with Crippen molar-refractivity contribution in [1.82, 2.24) is 0 Å². The van der Waals surface area contributed by atoms with E-state index >= 15 is 0 Å².